The van der Waals surface area contributed by atoms with Crippen LogP contribution in [-0.4, -0.2) is 42.6 Å². The van der Waals surface area contributed by atoms with Crippen LogP contribution in [-0.2, 0) is 10.2 Å². The number of hydrogen-bond acceptors (Lipinski definition) is 6. The summed E-state index contributed by atoms with van der Waals surface area (Å²) in [4.78, 5) is 46.4. The maximum atomic E-state index is 15.1. The van der Waals surface area contributed by atoms with E-state index in [1.165, 1.54) is 14.2 Å². The molecule has 0 aromatic heterocycles. The first-order valence-electron chi connectivity index (χ1n) is 14.2. The number of rotatable bonds is 6. The molecule has 7 rings (SSSR count). The molecule has 214 valence electrons. The van der Waals surface area contributed by atoms with Crippen molar-refractivity contribution in [3.8, 4) is 11.5 Å². The van der Waals surface area contributed by atoms with Gasteiger partial charge in [0.05, 0.1) is 31.7 Å². The van der Waals surface area contributed by atoms with Crippen LogP contribution in [0.2, 0.25) is 0 Å². The zero-order chi connectivity index (χ0) is 29.9. The first-order chi connectivity index (χ1) is 20.9. The summed E-state index contributed by atoms with van der Waals surface area (Å²) in [6.45, 7) is 1.96. The minimum atomic E-state index is -1.42. The third-order valence-electron chi connectivity index (χ3n) is 9.13. The molecule has 3 aliphatic rings. The zero-order valence-corrected chi connectivity index (χ0v) is 24.0. The Hall–Kier alpha value is -5.17. The quantitative estimate of drug-likeness (QED) is 0.287. The molecular formula is C36H30N2O5. The highest BCUT2D eigenvalue weighted by molar-refractivity contribution is 6.17. The standard InChI is InChI=1S/C36H30N2O5/c1-21-12-14-23(15-13-21)32(39)31-30(33(40)26-20-24(42-2)16-17-29(26)43-3)36(27-10-6-7-11-28(27)37-35(36)41)34-25-9-5-4-8-22(25)18-19-38(31)34/h4-20,30-31,34H,1-3H3,(H,37,41)/t30-,31-,34-,36+/m1/s1. The molecule has 0 aliphatic carbocycles. The summed E-state index contributed by atoms with van der Waals surface area (Å²) in [7, 11) is 3.03. The lowest BCUT2D eigenvalue weighted by Gasteiger charge is -2.38. The van der Waals surface area contributed by atoms with E-state index in [1.54, 1.807) is 30.3 Å². The van der Waals surface area contributed by atoms with Crippen molar-refractivity contribution in [1.82, 2.24) is 4.90 Å². The number of methoxy groups -OCH3 is 2. The van der Waals surface area contributed by atoms with E-state index in [2.05, 4.69) is 5.32 Å². The van der Waals surface area contributed by atoms with Gasteiger partial charge in [0.1, 0.15) is 23.0 Å². The molecule has 4 aromatic rings. The molecule has 3 heterocycles. The van der Waals surface area contributed by atoms with Gasteiger partial charge in [-0.05, 0) is 54.0 Å². The average molecular weight is 571 g/mol. The van der Waals surface area contributed by atoms with Crippen LogP contribution in [0.5, 0.6) is 11.5 Å². The summed E-state index contributed by atoms with van der Waals surface area (Å²) in [6, 6.07) is 26.1. The first kappa shape index (κ1) is 26.7. The number of amides is 1. The van der Waals surface area contributed by atoms with Gasteiger partial charge in [0.2, 0.25) is 5.91 Å². The van der Waals surface area contributed by atoms with E-state index in [-0.39, 0.29) is 23.0 Å². The van der Waals surface area contributed by atoms with Crippen molar-refractivity contribution in [2.24, 2.45) is 5.92 Å². The van der Waals surface area contributed by atoms with Gasteiger partial charge in [-0.2, -0.15) is 0 Å². The fourth-order valence-electron chi connectivity index (χ4n) is 7.23. The molecule has 1 fully saturated rings. The summed E-state index contributed by atoms with van der Waals surface area (Å²) in [5, 5.41) is 3.08. The Morgan fingerprint density at radius 1 is 0.860 bits per heavy atom. The average Bonchev–Trinajstić information content (AvgIpc) is 3.52. The summed E-state index contributed by atoms with van der Waals surface area (Å²) in [5.74, 6) is -1.21. The minimum Gasteiger partial charge on any atom is -0.497 e. The van der Waals surface area contributed by atoms with Crippen LogP contribution in [0.25, 0.3) is 6.08 Å². The molecule has 0 saturated carbocycles. The number of benzene rings is 4. The van der Waals surface area contributed by atoms with Crippen molar-refractivity contribution in [2.75, 3.05) is 19.5 Å². The van der Waals surface area contributed by atoms with Crippen LogP contribution in [0.15, 0.2) is 97.2 Å². The molecular weight excluding hydrogens is 540 g/mol. The van der Waals surface area contributed by atoms with Crippen LogP contribution < -0.4 is 14.8 Å². The second-order valence-corrected chi connectivity index (χ2v) is 11.2. The first-order valence-corrected chi connectivity index (χ1v) is 14.2. The molecule has 0 radical (unpaired) electrons. The molecule has 4 aromatic carbocycles. The van der Waals surface area contributed by atoms with Crippen molar-refractivity contribution in [3.05, 3.63) is 131 Å². The molecule has 7 nitrogen and oxygen atoms in total. The van der Waals surface area contributed by atoms with Crippen molar-refractivity contribution in [3.63, 3.8) is 0 Å². The number of hydrogen-bond donors (Lipinski definition) is 1. The summed E-state index contributed by atoms with van der Waals surface area (Å²) in [6.07, 6.45) is 3.82. The molecule has 1 saturated heterocycles. The number of ketones is 2. The number of fused-ring (bicyclic) bond motifs is 6. The van der Waals surface area contributed by atoms with Gasteiger partial charge in [0, 0.05) is 17.5 Å². The Morgan fingerprint density at radius 3 is 2.37 bits per heavy atom. The Balaban J connectivity index is 1.55. The number of carbonyl (C=O) groups excluding carboxylic acids is 3. The highest BCUT2D eigenvalue weighted by Crippen LogP contribution is 2.62. The van der Waals surface area contributed by atoms with E-state index >= 15 is 4.79 Å². The van der Waals surface area contributed by atoms with E-state index in [4.69, 9.17) is 9.47 Å². The largest absolute Gasteiger partial charge is 0.497 e. The second-order valence-electron chi connectivity index (χ2n) is 11.2. The van der Waals surface area contributed by atoms with E-state index < -0.39 is 23.4 Å². The lowest BCUT2D eigenvalue weighted by molar-refractivity contribution is -0.122. The summed E-state index contributed by atoms with van der Waals surface area (Å²) >= 11 is 0. The second kappa shape index (κ2) is 9.98. The molecule has 1 amide bonds. The van der Waals surface area contributed by atoms with Gasteiger partial charge in [0.25, 0.3) is 0 Å². The monoisotopic (exact) mass is 570 g/mol. The van der Waals surface area contributed by atoms with Gasteiger partial charge in [0.15, 0.2) is 11.6 Å². The Bertz CT molecular complexity index is 1830. The van der Waals surface area contributed by atoms with Crippen LogP contribution in [0.4, 0.5) is 5.69 Å². The normalized spacial score (nSPS) is 22.9. The minimum absolute atomic E-state index is 0.233. The molecule has 4 atom stereocenters. The topological polar surface area (TPSA) is 84.9 Å². The molecule has 0 bridgehead atoms. The molecule has 43 heavy (non-hydrogen) atoms. The lowest BCUT2D eigenvalue weighted by atomic mass is 9.62. The fraction of sp³-hybridized carbons (Fsp3) is 0.194. The Labute approximate surface area is 249 Å². The third kappa shape index (κ3) is 3.77. The van der Waals surface area contributed by atoms with Crippen molar-refractivity contribution >= 4 is 29.2 Å². The van der Waals surface area contributed by atoms with Gasteiger partial charge in [-0.25, -0.2) is 0 Å². The number of nitrogens with one attached hydrogen (secondary N) is 1. The number of aryl methyl sites for hydroxylation is 1. The van der Waals surface area contributed by atoms with Gasteiger partial charge >= 0.3 is 0 Å². The maximum Gasteiger partial charge on any atom is 0.238 e. The van der Waals surface area contributed by atoms with Gasteiger partial charge in [-0.1, -0.05) is 72.3 Å². The van der Waals surface area contributed by atoms with Crippen LogP contribution in [0.3, 0.4) is 0 Å². The number of Topliss-reactive ketones (excluding diaryl/α,β-unsaturated/α-hetero) is 2. The number of nitrogens with zero attached hydrogens (tertiary/aromatic N) is 1. The van der Waals surface area contributed by atoms with Gasteiger partial charge < -0.3 is 19.7 Å². The Morgan fingerprint density at radius 2 is 1.60 bits per heavy atom. The zero-order valence-electron chi connectivity index (χ0n) is 24.0. The molecule has 3 aliphatic heterocycles. The van der Waals surface area contributed by atoms with E-state index in [0.717, 1.165) is 16.7 Å². The van der Waals surface area contributed by atoms with E-state index in [1.807, 2.05) is 84.8 Å². The molecule has 7 heteroatoms. The van der Waals surface area contributed by atoms with Crippen LogP contribution in [0.1, 0.15) is 49.0 Å². The maximum absolute atomic E-state index is 15.1. The number of carbonyl (C=O) groups is 3. The highest BCUT2D eigenvalue weighted by Gasteiger charge is 2.70. The molecule has 1 spiro atoms. The van der Waals surface area contributed by atoms with Crippen molar-refractivity contribution < 1.29 is 23.9 Å². The number of ether oxygens (including phenoxy) is 2. The van der Waals surface area contributed by atoms with Crippen LogP contribution >= 0.6 is 0 Å². The Kier molecular flexibility index (Phi) is 6.20. The predicted octanol–water partition coefficient (Wildman–Crippen LogP) is 5.99. The molecule has 0 unspecified atom stereocenters. The number of para-hydroxylation sites is 1. The fourth-order valence-corrected chi connectivity index (χ4v) is 7.23. The SMILES string of the molecule is COc1ccc(OC)c(C(=O)[C@H]2[C@H](C(=O)c3ccc(C)cc3)N3C=Cc4ccccc4[C@@H]3[C@@]23C(=O)Nc2ccccc23)c1. The van der Waals surface area contributed by atoms with E-state index in [0.29, 0.717) is 28.3 Å². The van der Waals surface area contributed by atoms with Crippen molar-refractivity contribution in [2.45, 2.75) is 24.4 Å². The predicted molar refractivity (Wildman–Crippen MR) is 163 cm³/mol. The van der Waals surface area contributed by atoms with E-state index in [9.17, 15) is 9.59 Å². The third-order valence-corrected chi connectivity index (χ3v) is 9.13. The number of anilines is 1. The van der Waals surface area contributed by atoms with Crippen molar-refractivity contribution in [1.29, 1.82) is 0 Å². The summed E-state index contributed by atoms with van der Waals surface area (Å²) in [5.41, 5.74) is 3.47. The van der Waals surface area contributed by atoms with Gasteiger partial charge in [-0.15, -0.1) is 0 Å². The van der Waals surface area contributed by atoms with Gasteiger partial charge in [-0.3, -0.25) is 14.4 Å². The molecule has 1 N–H and O–H groups in total. The lowest BCUT2D eigenvalue weighted by Crippen LogP contribution is -2.49. The summed E-state index contributed by atoms with van der Waals surface area (Å²) < 4.78 is 11.1. The van der Waals surface area contributed by atoms with Crippen LogP contribution in [0, 0.1) is 12.8 Å². The highest BCUT2D eigenvalue weighted by atomic mass is 16.5. The smallest absolute Gasteiger partial charge is 0.238 e.